The number of phenolic OH excluding ortho intramolecular Hbond substituents is 1. The number of carbonyl (C=O) groups excluding carboxylic acids is 1. The third kappa shape index (κ3) is 2.77. The third-order valence-corrected chi connectivity index (χ3v) is 3.89. The smallest absolute Gasteiger partial charge is 0.270 e. The van der Waals surface area contributed by atoms with E-state index in [4.69, 9.17) is 5.41 Å². The molecule has 0 aliphatic rings. The minimum atomic E-state index is -0.339. The van der Waals surface area contributed by atoms with Gasteiger partial charge in [0.25, 0.3) is 5.91 Å². The van der Waals surface area contributed by atoms with Crippen LogP contribution in [-0.4, -0.2) is 15.7 Å². The predicted octanol–water partition coefficient (Wildman–Crippen LogP) is 2.79. The van der Waals surface area contributed by atoms with Crippen molar-refractivity contribution in [1.29, 1.82) is 5.41 Å². The topological polar surface area (TPSA) is 78.1 Å². The van der Waals surface area contributed by atoms with E-state index in [2.05, 4.69) is 5.43 Å². The van der Waals surface area contributed by atoms with Gasteiger partial charge in [-0.25, -0.2) is 4.68 Å². The molecule has 22 heavy (non-hydrogen) atoms. The summed E-state index contributed by atoms with van der Waals surface area (Å²) >= 11 is 1.24. The van der Waals surface area contributed by atoms with Gasteiger partial charge in [0, 0.05) is 16.5 Å². The maximum absolute atomic E-state index is 12.3. The molecule has 0 unspecified atom stereocenters. The summed E-state index contributed by atoms with van der Waals surface area (Å²) in [6, 6.07) is 15.5. The van der Waals surface area contributed by atoms with Crippen LogP contribution in [0.5, 0.6) is 5.75 Å². The van der Waals surface area contributed by atoms with Crippen molar-refractivity contribution in [3.63, 3.8) is 0 Å². The van der Waals surface area contributed by atoms with Gasteiger partial charge in [0.05, 0.1) is 5.69 Å². The quantitative estimate of drug-likeness (QED) is 0.695. The number of carbonyl (C=O) groups is 1. The molecule has 1 heterocycles. The second kappa shape index (κ2) is 5.87. The van der Waals surface area contributed by atoms with Crippen molar-refractivity contribution < 1.29 is 9.90 Å². The van der Waals surface area contributed by atoms with Crippen LogP contribution in [0.3, 0.4) is 0 Å². The first kappa shape index (κ1) is 14.1. The number of nitrogens with one attached hydrogen (secondary N) is 2. The van der Waals surface area contributed by atoms with Crippen LogP contribution in [0.2, 0.25) is 0 Å². The van der Waals surface area contributed by atoms with Gasteiger partial charge in [-0.1, -0.05) is 30.3 Å². The lowest BCUT2D eigenvalue weighted by Crippen LogP contribution is -2.30. The summed E-state index contributed by atoms with van der Waals surface area (Å²) in [4.78, 5) is 12.5. The molecule has 5 nitrogen and oxygen atoms in total. The molecule has 3 aromatic rings. The molecule has 110 valence electrons. The summed E-state index contributed by atoms with van der Waals surface area (Å²) in [6.45, 7) is 0. The Labute approximate surface area is 130 Å². The minimum Gasteiger partial charge on any atom is -0.508 e. The highest BCUT2D eigenvalue weighted by Crippen LogP contribution is 2.19. The number of phenols is 1. The molecule has 3 N–H and O–H groups in total. The molecule has 0 aliphatic carbocycles. The van der Waals surface area contributed by atoms with Crippen LogP contribution >= 0.6 is 11.3 Å². The Balaban J connectivity index is 1.93. The van der Waals surface area contributed by atoms with Crippen molar-refractivity contribution >= 4 is 17.2 Å². The standard InChI is InChI=1S/C16H13N3O2S/c17-16-19(14(10-22-16)11-4-2-1-3-5-11)18-15(21)12-6-8-13(20)9-7-12/h1-10,17,20H,(H,18,21). The van der Waals surface area contributed by atoms with E-state index in [1.54, 1.807) is 0 Å². The van der Waals surface area contributed by atoms with Crippen LogP contribution in [0.25, 0.3) is 11.3 Å². The van der Waals surface area contributed by atoms with Crippen LogP contribution in [0.15, 0.2) is 60.0 Å². The van der Waals surface area contributed by atoms with Crippen LogP contribution in [-0.2, 0) is 0 Å². The van der Waals surface area contributed by atoms with E-state index < -0.39 is 0 Å². The maximum atomic E-state index is 12.3. The summed E-state index contributed by atoms with van der Waals surface area (Å²) in [6.07, 6.45) is 0. The average Bonchev–Trinajstić information content (AvgIpc) is 2.90. The molecule has 0 radical (unpaired) electrons. The number of aromatic nitrogens is 1. The Morgan fingerprint density at radius 2 is 1.77 bits per heavy atom. The minimum absolute atomic E-state index is 0.103. The molecule has 0 aliphatic heterocycles. The number of rotatable bonds is 3. The van der Waals surface area contributed by atoms with E-state index in [0.29, 0.717) is 5.56 Å². The molecule has 6 heteroatoms. The average molecular weight is 311 g/mol. The van der Waals surface area contributed by atoms with Crippen molar-refractivity contribution in [2.75, 3.05) is 5.43 Å². The Bertz CT molecular complexity index is 851. The van der Waals surface area contributed by atoms with Crippen molar-refractivity contribution in [3.8, 4) is 17.0 Å². The van der Waals surface area contributed by atoms with Gasteiger partial charge in [-0.05, 0) is 24.3 Å². The normalized spacial score (nSPS) is 10.4. The molecule has 0 atom stereocenters. The zero-order valence-electron chi connectivity index (χ0n) is 11.5. The zero-order valence-corrected chi connectivity index (χ0v) is 12.3. The van der Waals surface area contributed by atoms with Gasteiger partial charge in [0.1, 0.15) is 5.75 Å². The molecule has 2 aromatic carbocycles. The number of thiazole rings is 1. The number of nitrogens with zero attached hydrogens (tertiary/aromatic N) is 1. The summed E-state index contributed by atoms with van der Waals surface area (Å²) < 4.78 is 1.45. The largest absolute Gasteiger partial charge is 0.508 e. The lowest BCUT2D eigenvalue weighted by atomic mass is 10.2. The summed E-state index contributed by atoms with van der Waals surface area (Å²) in [5, 5.41) is 19.1. The highest BCUT2D eigenvalue weighted by atomic mass is 32.1. The van der Waals surface area contributed by atoms with Crippen molar-refractivity contribution in [1.82, 2.24) is 4.68 Å². The Hall–Kier alpha value is -2.86. The van der Waals surface area contributed by atoms with E-state index in [9.17, 15) is 9.90 Å². The third-order valence-electron chi connectivity index (χ3n) is 3.14. The van der Waals surface area contributed by atoms with E-state index in [-0.39, 0.29) is 16.5 Å². The summed E-state index contributed by atoms with van der Waals surface area (Å²) in [5.41, 5.74) is 4.80. The molecule has 0 spiro atoms. The second-order valence-corrected chi connectivity index (χ2v) is 5.47. The van der Waals surface area contributed by atoms with Crippen molar-refractivity contribution in [2.24, 2.45) is 0 Å². The molecule has 1 aromatic heterocycles. The second-order valence-electron chi connectivity index (χ2n) is 4.62. The van der Waals surface area contributed by atoms with Crippen molar-refractivity contribution in [3.05, 3.63) is 70.3 Å². The number of hydrogen-bond donors (Lipinski definition) is 3. The Morgan fingerprint density at radius 3 is 2.45 bits per heavy atom. The van der Waals surface area contributed by atoms with E-state index in [1.807, 2.05) is 35.7 Å². The molecule has 0 fully saturated rings. The highest BCUT2D eigenvalue weighted by Gasteiger charge is 2.11. The van der Waals surface area contributed by atoms with Crippen molar-refractivity contribution in [2.45, 2.75) is 0 Å². The lowest BCUT2D eigenvalue weighted by molar-refractivity contribution is 0.101. The van der Waals surface area contributed by atoms with Gasteiger partial charge in [-0.3, -0.25) is 15.6 Å². The molecule has 1 amide bonds. The summed E-state index contributed by atoms with van der Waals surface area (Å²) in [5.74, 6) is -0.236. The fourth-order valence-corrected chi connectivity index (χ4v) is 2.74. The van der Waals surface area contributed by atoms with Crippen LogP contribution in [0, 0.1) is 5.41 Å². The van der Waals surface area contributed by atoms with Gasteiger partial charge in [-0.2, -0.15) is 0 Å². The van der Waals surface area contributed by atoms with Gasteiger partial charge in [0.15, 0.2) is 0 Å². The lowest BCUT2D eigenvalue weighted by Gasteiger charge is -2.10. The predicted molar refractivity (Wildman–Crippen MR) is 85.4 cm³/mol. The monoisotopic (exact) mass is 311 g/mol. The van der Waals surface area contributed by atoms with Crippen LogP contribution in [0.1, 0.15) is 10.4 Å². The van der Waals surface area contributed by atoms with Crippen LogP contribution < -0.4 is 10.2 Å². The Morgan fingerprint density at radius 1 is 1.09 bits per heavy atom. The SMILES string of the molecule is N=c1scc(-c2ccccc2)n1NC(=O)c1ccc(O)cc1. The fraction of sp³-hybridized carbons (Fsp3) is 0. The summed E-state index contributed by atoms with van der Waals surface area (Å²) in [7, 11) is 0. The van der Waals surface area contributed by atoms with Crippen LogP contribution in [0.4, 0.5) is 0 Å². The molecule has 0 saturated heterocycles. The zero-order chi connectivity index (χ0) is 15.5. The highest BCUT2D eigenvalue weighted by molar-refractivity contribution is 7.07. The number of aromatic hydroxyl groups is 1. The molecule has 3 rings (SSSR count). The van der Waals surface area contributed by atoms with Gasteiger partial charge < -0.3 is 5.11 Å². The molecule has 0 bridgehead atoms. The first-order valence-electron chi connectivity index (χ1n) is 6.56. The molecule has 0 saturated carbocycles. The van der Waals surface area contributed by atoms with E-state index >= 15 is 0 Å². The van der Waals surface area contributed by atoms with Gasteiger partial charge in [-0.15, -0.1) is 11.3 Å². The van der Waals surface area contributed by atoms with E-state index in [0.717, 1.165) is 11.3 Å². The molecular weight excluding hydrogens is 298 g/mol. The number of amides is 1. The molecular formula is C16H13N3O2S. The van der Waals surface area contributed by atoms with E-state index in [1.165, 1.54) is 40.3 Å². The number of benzene rings is 2. The maximum Gasteiger partial charge on any atom is 0.270 e. The number of hydrogen-bond acceptors (Lipinski definition) is 4. The fourth-order valence-electron chi connectivity index (χ4n) is 2.02. The first-order chi connectivity index (χ1) is 10.6. The first-order valence-corrected chi connectivity index (χ1v) is 7.44. The van der Waals surface area contributed by atoms with Gasteiger partial charge in [0.2, 0.25) is 4.80 Å². The Kier molecular flexibility index (Phi) is 3.76. The van der Waals surface area contributed by atoms with Gasteiger partial charge >= 0.3 is 0 Å².